The van der Waals surface area contributed by atoms with Crippen LogP contribution in [0, 0.1) is 41.4 Å². The van der Waals surface area contributed by atoms with E-state index in [1.807, 2.05) is 0 Å². The van der Waals surface area contributed by atoms with Crippen molar-refractivity contribution in [1.82, 2.24) is 4.90 Å². The maximum Gasteiger partial charge on any atom is 0.326 e. The molecule has 1 saturated heterocycles. The van der Waals surface area contributed by atoms with Crippen LogP contribution in [-0.4, -0.2) is 45.0 Å². The van der Waals surface area contributed by atoms with Crippen molar-refractivity contribution in [2.45, 2.75) is 62.2 Å². The molecule has 5 nitrogen and oxygen atoms in total. The molecule has 0 spiro atoms. The third-order valence-electron chi connectivity index (χ3n) is 7.61. The van der Waals surface area contributed by atoms with Gasteiger partial charge in [0.25, 0.3) is 0 Å². The third-order valence-corrected chi connectivity index (χ3v) is 10.8. The van der Waals surface area contributed by atoms with Gasteiger partial charge in [0.1, 0.15) is 12.6 Å². The molecular formula is C21H29Br2NO4. The van der Waals surface area contributed by atoms with Crippen LogP contribution >= 0.6 is 31.9 Å². The predicted octanol–water partition coefficient (Wildman–Crippen LogP) is 3.77. The Morgan fingerprint density at radius 1 is 1.07 bits per heavy atom. The summed E-state index contributed by atoms with van der Waals surface area (Å²) in [6, 6.07) is 0. The average molecular weight is 519 g/mol. The number of imide groups is 1. The largest absolute Gasteiger partial charge is 0.461 e. The van der Waals surface area contributed by atoms with E-state index in [-0.39, 0.29) is 57.8 Å². The van der Waals surface area contributed by atoms with E-state index in [1.165, 1.54) is 4.90 Å². The zero-order chi connectivity index (χ0) is 20.3. The van der Waals surface area contributed by atoms with Crippen molar-refractivity contribution in [3.8, 4) is 0 Å². The first-order valence-corrected chi connectivity index (χ1v) is 12.4. The van der Waals surface area contributed by atoms with E-state index in [2.05, 4.69) is 52.6 Å². The lowest BCUT2D eigenvalue weighted by atomic mass is 9.75. The Balaban J connectivity index is 1.43. The van der Waals surface area contributed by atoms with Crippen LogP contribution in [0.1, 0.15) is 46.5 Å². The number of likely N-dealkylation sites (tertiary alicyclic amines) is 1. The van der Waals surface area contributed by atoms with Gasteiger partial charge in [-0.15, -0.1) is 0 Å². The first kappa shape index (κ1) is 20.8. The van der Waals surface area contributed by atoms with Crippen molar-refractivity contribution in [3.05, 3.63) is 0 Å². The van der Waals surface area contributed by atoms with Crippen LogP contribution in [-0.2, 0) is 19.1 Å². The van der Waals surface area contributed by atoms with Gasteiger partial charge in [-0.25, -0.2) is 0 Å². The van der Waals surface area contributed by atoms with E-state index in [4.69, 9.17) is 4.74 Å². The zero-order valence-electron chi connectivity index (χ0n) is 16.6. The van der Waals surface area contributed by atoms with Crippen LogP contribution in [0.4, 0.5) is 0 Å². The molecular weight excluding hydrogens is 490 g/mol. The molecule has 3 aliphatic carbocycles. The van der Waals surface area contributed by atoms with Gasteiger partial charge in [-0.2, -0.15) is 0 Å². The van der Waals surface area contributed by atoms with Crippen LogP contribution in [0.15, 0.2) is 0 Å². The number of carbonyl (C=O) groups excluding carboxylic acids is 3. The standard InChI is InChI=1S/C21H29Br2NO4/c1-9(2)11-5-4-10(3)6-14(11)28-15(25)8-24-20(26)16-12-7-13(17(16)21(24)27)19(23)18(12)22/h9-14,16-19H,4-8H2,1-3H3/t10-,11+,12-,13+,14+,16+,17-,18-,19+/m0/s1. The van der Waals surface area contributed by atoms with Gasteiger partial charge in [-0.3, -0.25) is 19.3 Å². The highest BCUT2D eigenvalue weighted by molar-refractivity contribution is 9.12. The fourth-order valence-corrected chi connectivity index (χ4v) is 8.03. The van der Waals surface area contributed by atoms with Gasteiger partial charge in [0, 0.05) is 9.65 Å². The molecule has 0 N–H and O–H groups in total. The quantitative estimate of drug-likeness (QED) is 0.323. The van der Waals surface area contributed by atoms with Gasteiger partial charge in [0.2, 0.25) is 11.8 Å². The van der Waals surface area contributed by atoms with Crippen LogP contribution in [0.25, 0.3) is 0 Å². The maximum atomic E-state index is 13.0. The number of esters is 1. The molecule has 7 heteroatoms. The number of halogens is 2. The number of alkyl halides is 2. The van der Waals surface area contributed by atoms with E-state index in [9.17, 15) is 14.4 Å². The second kappa shape index (κ2) is 7.68. The van der Waals surface area contributed by atoms with Gasteiger partial charge in [-0.1, -0.05) is 59.1 Å². The third kappa shape index (κ3) is 3.28. The minimum absolute atomic E-state index is 0.112. The summed E-state index contributed by atoms with van der Waals surface area (Å²) < 4.78 is 5.82. The van der Waals surface area contributed by atoms with Crippen molar-refractivity contribution in [3.63, 3.8) is 0 Å². The SMILES string of the molecule is CC(C)[C@H]1CC[C@H](C)C[C@H]1OC(=O)CN1C(=O)[C@@H]2[C@@H]3C[C@@H]([C@@H](Br)[C@H]3Br)[C@@H]2C1=O. The highest BCUT2D eigenvalue weighted by atomic mass is 79.9. The zero-order valence-corrected chi connectivity index (χ0v) is 19.8. The van der Waals surface area contributed by atoms with E-state index >= 15 is 0 Å². The normalized spacial score (nSPS) is 45.1. The monoisotopic (exact) mass is 517 g/mol. The molecule has 2 amide bonds. The summed E-state index contributed by atoms with van der Waals surface area (Å²) in [5, 5.41) is 0. The number of fused-ring (bicyclic) bond motifs is 5. The lowest BCUT2D eigenvalue weighted by Crippen LogP contribution is -2.41. The average Bonchev–Trinajstić information content (AvgIpc) is 3.22. The summed E-state index contributed by atoms with van der Waals surface area (Å²) in [6.07, 6.45) is 3.87. The second-order valence-corrected chi connectivity index (χ2v) is 11.7. The smallest absolute Gasteiger partial charge is 0.326 e. The Bertz CT molecular complexity index is 651. The number of hydrogen-bond donors (Lipinski definition) is 0. The molecule has 3 saturated carbocycles. The highest BCUT2D eigenvalue weighted by Gasteiger charge is 2.66. The van der Waals surface area contributed by atoms with Gasteiger partial charge in [0.15, 0.2) is 0 Å². The van der Waals surface area contributed by atoms with E-state index < -0.39 is 5.97 Å². The first-order valence-electron chi connectivity index (χ1n) is 10.5. The number of nitrogens with zero attached hydrogens (tertiary/aromatic N) is 1. The fourth-order valence-electron chi connectivity index (χ4n) is 6.15. The van der Waals surface area contributed by atoms with Crippen LogP contribution < -0.4 is 0 Å². The van der Waals surface area contributed by atoms with Crippen LogP contribution in [0.2, 0.25) is 0 Å². The highest BCUT2D eigenvalue weighted by Crippen LogP contribution is 2.60. The van der Waals surface area contributed by atoms with Crippen molar-refractivity contribution in [1.29, 1.82) is 0 Å². The molecule has 28 heavy (non-hydrogen) atoms. The van der Waals surface area contributed by atoms with Crippen LogP contribution in [0.5, 0.6) is 0 Å². The van der Waals surface area contributed by atoms with Gasteiger partial charge in [0.05, 0.1) is 11.8 Å². The lowest BCUT2D eigenvalue weighted by molar-refractivity contribution is -0.162. The second-order valence-electron chi connectivity index (χ2n) is 9.62. The minimum atomic E-state index is -0.440. The summed E-state index contributed by atoms with van der Waals surface area (Å²) in [5.41, 5.74) is 0. The Morgan fingerprint density at radius 2 is 1.64 bits per heavy atom. The van der Waals surface area contributed by atoms with E-state index in [1.54, 1.807) is 0 Å². The Kier molecular flexibility index (Phi) is 5.71. The number of hydrogen-bond acceptors (Lipinski definition) is 4. The molecule has 1 aliphatic heterocycles. The molecule has 4 fully saturated rings. The number of ether oxygens (including phenoxy) is 1. The molecule has 0 radical (unpaired) electrons. The molecule has 1 heterocycles. The molecule has 2 bridgehead atoms. The molecule has 0 aromatic heterocycles. The van der Waals surface area contributed by atoms with Crippen molar-refractivity contribution in [2.75, 3.05) is 6.54 Å². The van der Waals surface area contributed by atoms with E-state index in [0.29, 0.717) is 17.8 Å². The number of rotatable bonds is 4. The van der Waals surface area contributed by atoms with Gasteiger partial charge < -0.3 is 4.74 Å². The number of amides is 2. The molecule has 156 valence electrons. The molecule has 4 rings (SSSR count). The summed E-state index contributed by atoms with van der Waals surface area (Å²) in [6.45, 7) is 6.29. The topological polar surface area (TPSA) is 63.7 Å². The van der Waals surface area contributed by atoms with Gasteiger partial charge >= 0.3 is 5.97 Å². The molecule has 9 atom stereocenters. The van der Waals surface area contributed by atoms with Crippen molar-refractivity contribution >= 4 is 49.6 Å². The summed E-state index contributed by atoms with van der Waals surface area (Å²) >= 11 is 7.37. The van der Waals surface area contributed by atoms with E-state index in [0.717, 1.165) is 25.7 Å². The van der Waals surface area contributed by atoms with Crippen LogP contribution in [0.3, 0.4) is 0 Å². The van der Waals surface area contributed by atoms with Gasteiger partial charge in [-0.05, 0) is 48.9 Å². The summed E-state index contributed by atoms with van der Waals surface area (Å²) in [5.74, 6) is 0.312. The molecule has 0 aromatic carbocycles. The Labute approximate surface area is 183 Å². The first-order chi connectivity index (χ1) is 13.2. The summed E-state index contributed by atoms with van der Waals surface area (Å²) in [7, 11) is 0. The Hall–Kier alpha value is -0.430. The summed E-state index contributed by atoms with van der Waals surface area (Å²) in [4.78, 5) is 40.2. The number of carbonyl (C=O) groups is 3. The Morgan fingerprint density at radius 3 is 2.18 bits per heavy atom. The molecule has 0 unspecified atom stereocenters. The van der Waals surface area contributed by atoms with Crippen molar-refractivity contribution in [2.24, 2.45) is 41.4 Å². The maximum absolute atomic E-state index is 13.0. The fraction of sp³-hybridized carbons (Fsp3) is 0.857. The minimum Gasteiger partial charge on any atom is -0.461 e. The van der Waals surface area contributed by atoms with Crippen molar-refractivity contribution < 1.29 is 19.1 Å². The lowest BCUT2D eigenvalue weighted by Gasteiger charge is -2.36. The molecule has 4 aliphatic rings. The predicted molar refractivity (Wildman–Crippen MR) is 112 cm³/mol. The molecule has 0 aromatic rings.